The average Bonchev–Trinajstić information content (AvgIpc) is 3.21. The summed E-state index contributed by atoms with van der Waals surface area (Å²) in [5.74, 6) is 0.943. The van der Waals surface area contributed by atoms with E-state index in [1.165, 1.54) is 17.7 Å². The summed E-state index contributed by atoms with van der Waals surface area (Å²) >= 11 is 1.67. The van der Waals surface area contributed by atoms with Crippen molar-refractivity contribution in [1.82, 2.24) is 10.2 Å². The lowest BCUT2D eigenvalue weighted by molar-refractivity contribution is 0.0933. The molecule has 2 aromatic heterocycles. The number of amides is 1. The first-order valence-electron chi connectivity index (χ1n) is 7.78. The Labute approximate surface area is 135 Å². The smallest absolute Gasteiger partial charge is 0.252 e. The van der Waals surface area contributed by atoms with Crippen LogP contribution in [0, 0.1) is 13.8 Å². The molecule has 1 N–H and O–H groups in total. The Morgan fingerprint density at radius 3 is 2.77 bits per heavy atom. The number of hydrogen-bond acceptors (Lipinski definition) is 4. The normalized spacial score (nSPS) is 16.8. The second-order valence-electron chi connectivity index (χ2n) is 5.81. The Balaban J connectivity index is 1.68. The molecule has 0 saturated carbocycles. The highest BCUT2D eigenvalue weighted by Gasteiger charge is 2.26. The Morgan fingerprint density at radius 1 is 1.41 bits per heavy atom. The van der Waals surface area contributed by atoms with Crippen LogP contribution in [0.25, 0.3) is 0 Å². The van der Waals surface area contributed by atoms with Crippen LogP contribution in [-0.4, -0.2) is 30.4 Å². The van der Waals surface area contributed by atoms with Gasteiger partial charge in [0.2, 0.25) is 0 Å². The first-order valence-corrected chi connectivity index (χ1v) is 8.59. The molecule has 1 unspecified atom stereocenters. The third-order valence-electron chi connectivity index (χ3n) is 4.19. The summed E-state index contributed by atoms with van der Waals surface area (Å²) in [7, 11) is 0. The Morgan fingerprint density at radius 2 is 2.18 bits per heavy atom. The van der Waals surface area contributed by atoms with E-state index >= 15 is 0 Å². The molecule has 1 aliphatic heterocycles. The summed E-state index contributed by atoms with van der Waals surface area (Å²) in [6, 6.07) is 6.00. The molecule has 5 heteroatoms. The van der Waals surface area contributed by atoms with Crippen molar-refractivity contribution in [3.63, 3.8) is 0 Å². The molecule has 0 bridgehead atoms. The number of carbonyl (C=O) groups excluding carboxylic acids is 1. The zero-order valence-corrected chi connectivity index (χ0v) is 13.9. The minimum Gasteiger partial charge on any atom is -0.468 e. The fourth-order valence-corrected chi connectivity index (χ4v) is 4.01. The third kappa shape index (κ3) is 3.25. The summed E-state index contributed by atoms with van der Waals surface area (Å²) < 4.78 is 5.58. The van der Waals surface area contributed by atoms with Crippen molar-refractivity contribution < 1.29 is 9.21 Å². The minimum absolute atomic E-state index is 0.0117. The number of furan rings is 1. The second kappa shape index (κ2) is 6.67. The second-order valence-corrected chi connectivity index (χ2v) is 7.27. The summed E-state index contributed by atoms with van der Waals surface area (Å²) in [6.07, 6.45) is 4.13. The molecule has 1 aliphatic rings. The van der Waals surface area contributed by atoms with Gasteiger partial charge in [0.25, 0.3) is 5.91 Å². The molecule has 0 aliphatic carbocycles. The third-order valence-corrected chi connectivity index (χ3v) is 5.16. The fourth-order valence-electron chi connectivity index (χ4n) is 3.08. The predicted octanol–water partition coefficient (Wildman–Crippen LogP) is 3.52. The molecule has 1 fully saturated rings. The van der Waals surface area contributed by atoms with Gasteiger partial charge in [0, 0.05) is 16.3 Å². The van der Waals surface area contributed by atoms with E-state index in [-0.39, 0.29) is 11.9 Å². The zero-order valence-electron chi connectivity index (χ0n) is 13.1. The maximum atomic E-state index is 12.4. The van der Waals surface area contributed by atoms with Crippen molar-refractivity contribution in [2.24, 2.45) is 0 Å². The number of hydrogen-bond donors (Lipinski definition) is 1. The van der Waals surface area contributed by atoms with Gasteiger partial charge in [-0.3, -0.25) is 9.69 Å². The van der Waals surface area contributed by atoms with Crippen LogP contribution in [0.5, 0.6) is 0 Å². The minimum atomic E-state index is 0.0117. The lowest BCUT2D eigenvalue weighted by atomic mass is 10.1. The van der Waals surface area contributed by atoms with Gasteiger partial charge in [0.05, 0.1) is 17.9 Å². The molecule has 0 spiro atoms. The highest BCUT2D eigenvalue weighted by Crippen LogP contribution is 2.25. The number of thiophene rings is 1. The van der Waals surface area contributed by atoms with E-state index in [9.17, 15) is 4.79 Å². The quantitative estimate of drug-likeness (QED) is 0.917. The predicted molar refractivity (Wildman–Crippen MR) is 88.4 cm³/mol. The Hall–Kier alpha value is -1.59. The highest BCUT2D eigenvalue weighted by molar-refractivity contribution is 7.12. The molecule has 2 aromatic rings. The van der Waals surface area contributed by atoms with E-state index in [1.54, 1.807) is 17.6 Å². The fraction of sp³-hybridized carbons (Fsp3) is 0.471. The monoisotopic (exact) mass is 318 g/mol. The van der Waals surface area contributed by atoms with Crippen molar-refractivity contribution in [3.8, 4) is 0 Å². The van der Waals surface area contributed by atoms with Gasteiger partial charge in [-0.2, -0.15) is 0 Å². The lowest BCUT2D eigenvalue weighted by Crippen LogP contribution is -2.36. The molecular weight excluding hydrogens is 296 g/mol. The van der Waals surface area contributed by atoms with Gasteiger partial charge in [-0.1, -0.05) is 0 Å². The standard InChI is InChI=1S/C17H22N2O2S/c1-12-10-14(13(2)22-12)17(20)18-11-15(16-6-5-9-21-16)19-7-3-4-8-19/h5-6,9-10,15H,3-4,7-8,11H2,1-2H3,(H,18,20). The van der Waals surface area contributed by atoms with Crippen molar-refractivity contribution in [2.45, 2.75) is 32.7 Å². The molecule has 3 heterocycles. The lowest BCUT2D eigenvalue weighted by Gasteiger charge is -2.26. The van der Waals surface area contributed by atoms with Gasteiger partial charge < -0.3 is 9.73 Å². The molecule has 4 nitrogen and oxygen atoms in total. The molecule has 22 heavy (non-hydrogen) atoms. The van der Waals surface area contributed by atoms with E-state index < -0.39 is 0 Å². The number of rotatable bonds is 5. The van der Waals surface area contributed by atoms with E-state index in [2.05, 4.69) is 10.2 Å². The van der Waals surface area contributed by atoms with Crippen molar-refractivity contribution in [1.29, 1.82) is 0 Å². The molecule has 0 radical (unpaired) electrons. The number of aryl methyl sites for hydroxylation is 2. The van der Waals surface area contributed by atoms with Crippen molar-refractivity contribution in [2.75, 3.05) is 19.6 Å². The van der Waals surface area contributed by atoms with Crippen LogP contribution in [0.3, 0.4) is 0 Å². The Bertz CT molecular complexity index is 627. The van der Waals surface area contributed by atoms with Crippen LogP contribution < -0.4 is 5.32 Å². The molecule has 118 valence electrons. The van der Waals surface area contributed by atoms with Gasteiger partial charge in [-0.15, -0.1) is 11.3 Å². The van der Waals surface area contributed by atoms with Crippen LogP contribution in [0.2, 0.25) is 0 Å². The summed E-state index contributed by atoms with van der Waals surface area (Å²) in [4.78, 5) is 17.1. The van der Waals surface area contributed by atoms with Crippen LogP contribution in [0.4, 0.5) is 0 Å². The van der Waals surface area contributed by atoms with E-state index in [1.807, 2.05) is 32.0 Å². The first-order chi connectivity index (χ1) is 10.6. The maximum absolute atomic E-state index is 12.4. The molecule has 1 atom stereocenters. The largest absolute Gasteiger partial charge is 0.468 e. The van der Waals surface area contributed by atoms with Gasteiger partial charge in [0.1, 0.15) is 5.76 Å². The Kier molecular flexibility index (Phi) is 4.64. The number of nitrogens with one attached hydrogen (secondary N) is 1. The molecule has 0 aromatic carbocycles. The molecule has 1 saturated heterocycles. The van der Waals surface area contributed by atoms with E-state index in [0.29, 0.717) is 6.54 Å². The number of carbonyl (C=O) groups is 1. The first kappa shape index (κ1) is 15.3. The molecule has 3 rings (SSSR count). The molecular formula is C17H22N2O2S. The SMILES string of the molecule is Cc1cc(C(=O)NCC(c2ccco2)N2CCCC2)c(C)s1. The van der Waals surface area contributed by atoms with Crippen molar-refractivity contribution in [3.05, 3.63) is 45.5 Å². The van der Waals surface area contributed by atoms with E-state index in [0.717, 1.165) is 29.3 Å². The van der Waals surface area contributed by atoms with Gasteiger partial charge in [-0.25, -0.2) is 0 Å². The van der Waals surface area contributed by atoms with E-state index in [4.69, 9.17) is 4.42 Å². The maximum Gasteiger partial charge on any atom is 0.252 e. The van der Waals surface area contributed by atoms with Gasteiger partial charge >= 0.3 is 0 Å². The number of likely N-dealkylation sites (tertiary alicyclic amines) is 1. The van der Waals surface area contributed by atoms with Crippen LogP contribution in [0.1, 0.15) is 44.8 Å². The molecule has 1 amide bonds. The van der Waals surface area contributed by atoms with Crippen LogP contribution in [0.15, 0.2) is 28.9 Å². The highest BCUT2D eigenvalue weighted by atomic mass is 32.1. The topological polar surface area (TPSA) is 45.5 Å². The average molecular weight is 318 g/mol. The zero-order chi connectivity index (χ0) is 15.5. The van der Waals surface area contributed by atoms with Crippen LogP contribution in [-0.2, 0) is 0 Å². The number of nitrogens with zero attached hydrogens (tertiary/aromatic N) is 1. The van der Waals surface area contributed by atoms with Gasteiger partial charge in [0.15, 0.2) is 0 Å². The summed E-state index contributed by atoms with van der Waals surface area (Å²) in [6.45, 7) is 6.75. The van der Waals surface area contributed by atoms with Crippen LogP contribution >= 0.6 is 11.3 Å². The summed E-state index contributed by atoms with van der Waals surface area (Å²) in [5, 5.41) is 3.08. The van der Waals surface area contributed by atoms with Crippen molar-refractivity contribution >= 4 is 17.2 Å². The van der Waals surface area contributed by atoms with Gasteiger partial charge in [-0.05, 0) is 58.0 Å². The summed E-state index contributed by atoms with van der Waals surface area (Å²) in [5.41, 5.74) is 0.794.